The minimum absolute atomic E-state index is 0.0364. The van der Waals surface area contributed by atoms with Gasteiger partial charge in [-0.1, -0.05) is 17.7 Å². The van der Waals surface area contributed by atoms with Crippen LogP contribution < -0.4 is 19.1 Å². The van der Waals surface area contributed by atoms with Gasteiger partial charge >= 0.3 is 0 Å². The Hall–Kier alpha value is -2.58. The Bertz CT molecular complexity index is 973. The number of hydrogen-bond acceptors (Lipinski definition) is 5. The van der Waals surface area contributed by atoms with Crippen LogP contribution in [0.15, 0.2) is 47.4 Å². The van der Waals surface area contributed by atoms with Gasteiger partial charge in [0.2, 0.25) is 15.9 Å². The van der Waals surface area contributed by atoms with Crippen LogP contribution in [0.1, 0.15) is 25.3 Å². The zero-order valence-corrected chi connectivity index (χ0v) is 17.7. The lowest BCUT2D eigenvalue weighted by molar-refractivity contribution is -0.117. The van der Waals surface area contributed by atoms with Crippen LogP contribution in [0.25, 0.3) is 0 Å². The number of ether oxygens (including phenoxy) is 2. The molecule has 1 aliphatic rings. The summed E-state index contributed by atoms with van der Waals surface area (Å²) in [4.78, 5) is 13.8. The summed E-state index contributed by atoms with van der Waals surface area (Å²) in [6.07, 6.45) is 1.19. The lowest BCUT2D eigenvalue weighted by atomic mass is 10.2. The molecule has 1 atom stereocenters. The van der Waals surface area contributed by atoms with E-state index in [-0.39, 0.29) is 17.4 Å². The molecule has 0 spiro atoms. The first-order valence-electron chi connectivity index (χ1n) is 9.50. The lowest BCUT2D eigenvalue weighted by Crippen LogP contribution is -2.37. The highest BCUT2D eigenvalue weighted by Gasteiger charge is 2.27. The molecule has 1 heterocycles. The number of benzene rings is 2. The van der Waals surface area contributed by atoms with Crippen molar-refractivity contribution in [1.82, 2.24) is 4.72 Å². The second-order valence-corrected chi connectivity index (χ2v) is 8.84. The zero-order chi connectivity index (χ0) is 21.0. The van der Waals surface area contributed by atoms with Gasteiger partial charge in [0.05, 0.1) is 23.7 Å². The smallest absolute Gasteiger partial charge is 0.241 e. The van der Waals surface area contributed by atoms with Gasteiger partial charge in [0.25, 0.3) is 0 Å². The third kappa shape index (κ3) is 5.07. The molecule has 1 saturated heterocycles. The van der Waals surface area contributed by atoms with E-state index in [9.17, 15) is 13.2 Å². The molecule has 2 aromatic carbocycles. The van der Waals surface area contributed by atoms with E-state index in [0.717, 1.165) is 12.0 Å². The monoisotopic (exact) mass is 418 g/mol. The summed E-state index contributed by atoms with van der Waals surface area (Å²) in [5.74, 6) is 1.11. The number of aryl methyl sites for hydroxylation is 1. The van der Waals surface area contributed by atoms with Crippen LogP contribution in [0, 0.1) is 6.92 Å². The molecule has 1 fully saturated rings. The molecule has 1 N–H and O–H groups in total. The van der Waals surface area contributed by atoms with E-state index in [4.69, 9.17) is 9.47 Å². The maximum absolute atomic E-state index is 12.8. The largest absolute Gasteiger partial charge is 0.495 e. The average molecular weight is 419 g/mol. The van der Waals surface area contributed by atoms with Crippen LogP contribution in [0.3, 0.4) is 0 Å². The van der Waals surface area contributed by atoms with Crippen molar-refractivity contribution < 1.29 is 22.7 Å². The number of anilines is 1. The van der Waals surface area contributed by atoms with Gasteiger partial charge in [-0.25, -0.2) is 13.1 Å². The number of rotatable bonds is 8. The maximum Gasteiger partial charge on any atom is 0.241 e. The highest BCUT2D eigenvalue weighted by molar-refractivity contribution is 7.89. The van der Waals surface area contributed by atoms with Crippen molar-refractivity contribution in [3.05, 3.63) is 48.0 Å². The van der Waals surface area contributed by atoms with E-state index in [0.29, 0.717) is 30.2 Å². The van der Waals surface area contributed by atoms with Crippen molar-refractivity contribution in [2.24, 2.45) is 0 Å². The zero-order valence-electron chi connectivity index (χ0n) is 16.8. The minimum Gasteiger partial charge on any atom is -0.495 e. The van der Waals surface area contributed by atoms with Crippen molar-refractivity contribution in [3.63, 3.8) is 0 Å². The van der Waals surface area contributed by atoms with Crippen molar-refractivity contribution in [1.29, 1.82) is 0 Å². The molecule has 2 aromatic rings. The number of methoxy groups -OCH3 is 1. The number of sulfonamides is 1. The molecule has 0 aromatic heterocycles. The van der Waals surface area contributed by atoms with Crippen LogP contribution in [0.4, 0.5) is 5.69 Å². The Morgan fingerprint density at radius 3 is 2.52 bits per heavy atom. The highest BCUT2D eigenvalue weighted by Crippen LogP contribution is 2.33. The molecule has 1 amide bonds. The van der Waals surface area contributed by atoms with Gasteiger partial charge in [0.15, 0.2) is 0 Å². The molecule has 0 bridgehead atoms. The Kier molecular flexibility index (Phi) is 6.44. The summed E-state index contributed by atoms with van der Waals surface area (Å²) in [7, 11) is -2.29. The Morgan fingerprint density at radius 2 is 1.90 bits per heavy atom. The van der Waals surface area contributed by atoms with Crippen molar-refractivity contribution in [2.45, 2.75) is 37.6 Å². The summed E-state index contributed by atoms with van der Waals surface area (Å²) >= 11 is 0. The molecule has 1 unspecified atom stereocenters. The van der Waals surface area contributed by atoms with Crippen LogP contribution in [-0.2, 0) is 14.8 Å². The maximum atomic E-state index is 12.8. The van der Waals surface area contributed by atoms with E-state index < -0.39 is 16.1 Å². The summed E-state index contributed by atoms with van der Waals surface area (Å²) in [6, 6.07) is 11.6. The normalized spacial score (nSPS) is 15.4. The molecule has 3 rings (SSSR count). The molecule has 0 radical (unpaired) electrons. The van der Waals surface area contributed by atoms with E-state index in [1.54, 1.807) is 17.9 Å². The predicted octanol–water partition coefficient (Wildman–Crippen LogP) is 2.88. The Balaban J connectivity index is 1.72. The highest BCUT2D eigenvalue weighted by atomic mass is 32.2. The molecule has 8 heteroatoms. The number of carbonyl (C=O) groups excluding carboxylic acids is 1. The Labute approximate surface area is 171 Å². The molecule has 29 heavy (non-hydrogen) atoms. The molecular weight excluding hydrogens is 392 g/mol. The van der Waals surface area contributed by atoms with Crippen LogP contribution in [0.2, 0.25) is 0 Å². The first-order chi connectivity index (χ1) is 13.8. The van der Waals surface area contributed by atoms with Gasteiger partial charge in [0.1, 0.15) is 18.1 Å². The van der Waals surface area contributed by atoms with Gasteiger partial charge in [-0.2, -0.15) is 0 Å². The quantitative estimate of drug-likeness (QED) is 0.713. The fraction of sp³-hybridized carbons (Fsp3) is 0.381. The van der Waals surface area contributed by atoms with E-state index in [1.807, 2.05) is 31.2 Å². The summed E-state index contributed by atoms with van der Waals surface area (Å²) in [6.45, 7) is 4.46. The average Bonchev–Trinajstić information content (AvgIpc) is 3.12. The first kappa shape index (κ1) is 21.1. The van der Waals surface area contributed by atoms with E-state index in [2.05, 4.69) is 4.72 Å². The summed E-state index contributed by atoms with van der Waals surface area (Å²) in [5.41, 5.74) is 1.60. The van der Waals surface area contributed by atoms with Crippen molar-refractivity contribution >= 4 is 21.6 Å². The third-order valence-corrected chi connectivity index (χ3v) is 6.29. The Morgan fingerprint density at radius 1 is 1.17 bits per heavy atom. The predicted molar refractivity (Wildman–Crippen MR) is 111 cm³/mol. The van der Waals surface area contributed by atoms with E-state index >= 15 is 0 Å². The first-order valence-corrected chi connectivity index (χ1v) is 11.0. The van der Waals surface area contributed by atoms with E-state index in [1.165, 1.54) is 19.2 Å². The molecule has 156 valence electrons. The fourth-order valence-electron chi connectivity index (χ4n) is 3.17. The third-order valence-electron chi connectivity index (χ3n) is 4.70. The number of nitrogens with zero attached hydrogens (tertiary/aromatic N) is 1. The summed E-state index contributed by atoms with van der Waals surface area (Å²) < 4.78 is 39.3. The molecule has 1 aliphatic heterocycles. The minimum atomic E-state index is -3.79. The van der Waals surface area contributed by atoms with Gasteiger partial charge in [-0.3, -0.25) is 4.79 Å². The fourth-order valence-corrected chi connectivity index (χ4v) is 4.42. The van der Waals surface area contributed by atoms with Crippen LogP contribution in [-0.4, -0.2) is 40.6 Å². The molecular formula is C21H26N2O5S. The number of hydrogen-bond donors (Lipinski definition) is 1. The van der Waals surface area contributed by atoms with Crippen LogP contribution >= 0.6 is 0 Å². The number of carbonyl (C=O) groups is 1. The van der Waals surface area contributed by atoms with Crippen molar-refractivity contribution in [2.75, 3.05) is 25.2 Å². The molecule has 0 saturated carbocycles. The van der Waals surface area contributed by atoms with Crippen LogP contribution in [0.5, 0.6) is 11.5 Å². The molecule has 7 nitrogen and oxygen atoms in total. The van der Waals surface area contributed by atoms with Gasteiger partial charge in [-0.15, -0.1) is 0 Å². The lowest BCUT2D eigenvalue weighted by Gasteiger charge is -2.21. The number of amides is 1. The SMILES string of the molecule is COc1ccc(S(=O)(=O)NC(C)COc2ccc(C)cc2)cc1N1CCCC1=O. The standard InChI is InChI=1S/C21H26N2O5S/c1-15-6-8-17(9-7-15)28-14-16(2)22-29(25,26)18-10-11-20(27-3)19(13-18)23-12-4-5-21(23)24/h6-11,13,16,22H,4-5,12,14H2,1-3H3. The second-order valence-electron chi connectivity index (χ2n) is 7.13. The number of nitrogens with one attached hydrogen (secondary N) is 1. The molecule has 0 aliphatic carbocycles. The second kappa shape index (κ2) is 8.84. The van der Waals surface area contributed by atoms with Gasteiger partial charge in [0, 0.05) is 13.0 Å². The topological polar surface area (TPSA) is 84.9 Å². The van der Waals surface area contributed by atoms with Gasteiger partial charge < -0.3 is 14.4 Å². The van der Waals surface area contributed by atoms with Gasteiger partial charge in [-0.05, 0) is 50.6 Å². The summed E-state index contributed by atoms with van der Waals surface area (Å²) in [5, 5.41) is 0. The van der Waals surface area contributed by atoms with Crippen molar-refractivity contribution in [3.8, 4) is 11.5 Å².